The number of rotatable bonds is 2. The molecule has 0 saturated carbocycles. The SMILES string of the molecule is CC1CC(O)CN(Cc2ccccc2Cl)C1. The van der Waals surface area contributed by atoms with Gasteiger partial charge < -0.3 is 5.11 Å². The van der Waals surface area contributed by atoms with Gasteiger partial charge in [0, 0.05) is 24.7 Å². The summed E-state index contributed by atoms with van der Waals surface area (Å²) >= 11 is 6.13. The van der Waals surface area contributed by atoms with Gasteiger partial charge in [0.05, 0.1) is 6.10 Å². The van der Waals surface area contributed by atoms with Crippen molar-refractivity contribution >= 4 is 11.6 Å². The Morgan fingerprint density at radius 3 is 2.81 bits per heavy atom. The van der Waals surface area contributed by atoms with E-state index >= 15 is 0 Å². The third kappa shape index (κ3) is 2.97. The van der Waals surface area contributed by atoms with E-state index in [1.165, 1.54) is 0 Å². The van der Waals surface area contributed by atoms with Gasteiger partial charge in [0.1, 0.15) is 0 Å². The number of β-amino-alcohol motifs (C(OH)–C–C–N with tert-alkyl or cyclic N) is 1. The molecule has 1 N–H and O–H groups in total. The molecule has 0 radical (unpaired) electrons. The minimum Gasteiger partial charge on any atom is -0.392 e. The molecule has 1 aliphatic heterocycles. The normalized spacial score (nSPS) is 26.9. The van der Waals surface area contributed by atoms with Crippen molar-refractivity contribution in [2.24, 2.45) is 5.92 Å². The summed E-state index contributed by atoms with van der Waals surface area (Å²) in [5.74, 6) is 0.561. The zero-order valence-electron chi connectivity index (χ0n) is 9.56. The topological polar surface area (TPSA) is 23.5 Å². The summed E-state index contributed by atoms with van der Waals surface area (Å²) in [6.07, 6.45) is 0.727. The minimum atomic E-state index is -0.189. The van der Waals surface area contributed by atoms with E-state index in [1.54, 1.807) is 0 Å². The molecule has 16 heavy (non-hydrogen) atoms. The summed E-state index contributed by atoms with van der Waals surface area (Å²) in [4.78, 5) is 2.28. The quantitative estimate of drug-likeness (QED) is 0.858. The zero-order valence-corrected chi connectivity index (χ0v) is 10.3. The molecule has 0 amide bonds. The van der Waals surface area contributed by atoms with Crippen LogP contribution in [-0.4, -0.2) is 29.2 Å². The fourth-order valence-corrected chi connectivity index (χ4v) is 2.62. The van der Waals surface area contributed by atoms with Crippen LogP contribution in [0.3, 0.4) is 0 Å². The molecule has 0 aliphatic carbocycles. The van der Waals surface area contributed by atoms with Crippen LogP contribution in [0.1, 0.15) is 18.9 Å². The summed E-state index contributed by atoms with van der Waals surface area (Å²) in [5, 5.41) is 10.5. The van der Waals surface area contributed by atoms with Crippen LogP contribution in [0.4, 0.5) is 0 Å². The van der Waals surface area contributed by atoms with Gasteiger partial charge >= 0.3 is 0 Å². The van der Waals surface area contributed by atoms with Gasteiger partial charge in [0.2, 0.25) is 0 Å². The lowest BCUT2D eigenvalue weighted by Gasteiger charge is -2.34. The van der Waals surface area contributed by atoms with Crippen LogP contribution in [0, 0.1) is 5.92 Å². The monoisotopic (exact) mass is 239 g/mol. The number of nitrogens with zero attached hydrogens (tertiary/aromatic N) is 1. The van der Waals surface area contributed by atoms with Gasteiger partial charge in [-0.1, -0.05) is 36.7 Å². The predicted molar refractivity (Wildman–Crippen MR) is 66.5 cm³/mol. The van der Waals surface area contributed by atoms with E-state index in [0.717, 1.165) is 36.6 Å². The van der Waals surface area contributed by atoms with Crippen LogP contribution in [-0.2, 0) is 6.54 Å². The Hall–Kier alpha value is -0.570. The molecule has 2 rings (SSSR count). The molecule has 0 bridgehead atoms. The smallest absolute Gasteiger partial charge is 0.0670 e. The molecule has 2 unspecified atom stereocenters. The average molecular weight is 240 g/mol. The number of aliphatic hydroxyl groups excluding tert-OH is 1. The molecule has 1 heterocycles. The lowest BCUT2D eigenvalue weighted by molar-refractivity contribution is 0.0409. The highest BCUT2D eigenvalue weighted by Gasteiger charge is 2.23. The first-order valence-corrected chi connectivity index (χ1v) is 6.17. The van der Waals surface area contributed by atoms with Crippen molar-refractivity contribution in [3.63, 3.8) is 0 Å². The second-order valence-electron chi connectivity index (χ2n) is 4.78. The molecule has 2 nitrogen and oxygen atoms in total. The summed E-state index contributed by atoms with van der Waals surface area (Å²) in [6, 6.07) is 7.92. The number of piperidine rings is 1. The van der Waals surface area contributed by atoms with Crippen molar-refractivity contribution in [3.8, 4) is 0 Å². The van der Waals surface area contributed by atoms with Crippen molar-refractivity contribution in [3.05, 3.63) is 34.9 Å². The summed E-state index contributed by atoms with van der Waals surface area (Å²) in [6.45, 7) is 4.82. The van der Waals surface area contributed by atoms with Crippen LogP contribution >= 0.6 is 11.6 Å². The Morgan fingerprint density at radius 2 is 2.12 bits per heavy atom. The van der Waals surface area contributed by atoms with E-state index in [4.69, 9.17) is 11.6 Å². The van der Waals surface area contributed by atoms with Crippen LogP contribution in [0.15, 0.2) is 24.3 Å². The Morgan fingerprint density at radius 1 is 1.38 bits per heavy atom. The van der Waals surface area contributed by atoms with Crippen LogP contribution in [0.25, 0.3) is 0 Å². The number of hydrogen-bond donors (Lipinski definition) is 1. The first kappa shape index (κ1) is 11.9. The van der Waals surface area contributed by atoms with Gasteiger partial charge in [-0.05, 0) is 24.0 Å². The summed E-state index contributed by atoms with van der Waals surface area (Å²) < 4.78 is 0. The number of likely N-dealkylation sites (tertiary alicyclic amines) is 1. The van der Waals surface area contributed by atoms with Gasteiger partial charge in [-0.2, -0.15) is 0 Å². The van der Waals surface area contributed by atoms with E-state index in [2.05, 4.69) is 11.8 Å². The maximum absolute atomic E-state index is 9.72. The van der Waals surface area contributed by atoms with E-state index in [0.29, 0.717) is 5.92 Å². The highest BCUT2D eigenvalue weighted by atomic mass is 35.5. The highest BCUT2D eigenvalue weighted by molar-refractivity contribution is 6.31. The fraction of sp³-hybridized carbons (Fsp3) is 0.538. The number of hydrogen-bond acceptors (Lipinski definition) is 2. The lowest BCUT2D eigenvalue weighted by Crippen LogP contribution is -2.41. The maximum Gasteiger partial charge on any atom is 0.0670 e. The van der Waals surface area contributed by atoms with Gasteiger partial charge in [0.15, 0.2) is 0 Å². The molecule has 1 saturated heterocycles. The molecule has 2 atom stereocenters. The molecule has 3 heteroatoms. The van der Waals surface area contributed by atoms with Gasteiger partial charge in [-0.3, -0.25) is 4.90 Å². The second-order valence-corrected chi connectivity index (χ2v) is 5.19. The molecule has 1 fully saturated rings. The third-order valence-electron chi connectivity index (χ3n) is 3.07. The first-order chi connectivity index (χ1) is 7.65. The van der Waals surface area contributed by atoms with E-state index < -0.39 is 0 Å². The Labute approximate surface area is 102 Å². The highest BCUT2D eigenvalue weighted by Crippen LogP contribution is 2.21. The third-order valence-corrected chi connectivity index (χ3v) is 3.43. The molecular weight excluding hydrogens is 222 g/mol. The van der Waals surface area contributed by atoms with Crippen molar-refractivity contribution in [2.45, 2.75) is 26.0 Å². The van der Waals surface area contributed by atoms with Gasteiger partial charge in [0.25, 0.3) is 0 Å². The first-order valence-electron chi connectivity index (χ1n) is 5.79. The van der Waals surface area contributed by atoms with Gasteiger partial charge in [-0.25, -0.2) is 0 Å². The van der Waals surface area contributed by atoms with Gasteiger partial charge in [-0.15, -0.1) is 0 Å². The van der Waals surface area contributed by atoms with E-state index in [9.17, 15) is 5.11 Å². The molecular formula is C13H18ClNO. The number of aliphatic hydroxyl groups is 1. The van der Waals surface area contributed by atoms with Crippen molar-refractivity contribution in [1.82, 2.24) is 4.90 Å². The predicted octanol–water partition coefficient (Wildman–Crippen LogP) is 2.54. The van der Waals surface area contributed by atoms with E-state index in [1.807, 2.05) is 24.3 Å². The summed E-state index contributed by atoms with van der Waals surface area (Å²) in [5.41, 5.74) is 1.14. The standard InChI is InChI=1S/C13H18ClNO/c1-10-6-12(16)9-15(7-10)8-11-4-2-3-5-13(11)14/h2-5,10,12,16H,6-9H2,1H3. The Balaban J connectivity index is 2.02. The average Bonchev–Trinajstić information content (AvgIpc) is 2.20. The molecule has 0 aromatic heterocycles. The fourth-order valence-electron chi connectivity index (χ4n) is 2.42. The number of benzene rings is 1. The Kier molecular flexibility index (Phi) is 3.85. The molecule has 88 valence electrons. The largest absolute Gasteiger partial charge is 0.392 e. The Bertz CT molecular complexity index is 346. The maximum atomic E-state index is 9.72. The van der Waals surface area contributed by atoms with Crippen LogP contribution in [0.5, 0.6) is 0 Å². The lowest BCUT2D eigenvalue weighted by atomic mass is 9.97. The molecule has 1 aromatic carbocycles. The molecule has 0 spiro atoms. The molecule has 1 aliphatic rings. The van der Waals surface area contributed by atoms with Crippen molar-refractivity contribution < 1.29 is 5.11 Å². The van der Waals surface area contributed by atoms with Crippen molar-refractivity contribution in [2.75, 3.05) is 13.1 Å². The zero-order chi connectivity index (χ0) is 11.5. The van der Waals surface area contributed by atoms with Crippen LogP contribution in [0.2, 0.25) is 5.02 Å². The number of halogens is 1. The second kappa shape index (κ2) is 5.17. The summed E-state index contributed by atoms with van der Waals surface area (Å²) in [7, 11) is 0. The molecule has 1 aromatic rings. The van der Waals surface area contributed by atoms with E-state index in [-0.39, 0.29) is 6.10 Å². The van der Waals surface area contributed by atoms with Crippen molar-refractivity contribution in [1.29, 1.82) is 0 Å². The van der Waals surface area contributed by atoms with Crippen LogP contribution < -0.4 is 0 Å². The minimum absolute atomic E-state index is 0.189.